The molecule has 10 aromatic rings. The molecule has 0 atom stereocenters. The minimum atomic E-state index is -0.562. The highest BCUT2D eigenvalue weighted by Gasteiger charge is 2.19. The van der Waals surface area contributed by atoms with Crippen molar-refractivity contribution in [3.05, 3.63) is 212 Å². The first-order chi connectivity index (χ1) is 33.5. The van der Waals surface area contributed by atoms with Gasteiger partial charge >= 0.3 is 0 Å². The van der Waals surface area contributed by atoms with E-state index in [1.807, 2.05) is 60.8 Å². The lowest BCUT2D eigenvalue weighted by molar-refractivity contribution is -0.598. The highest BCUT2D eigenvalue weighted by atomic mass is 16.5. The molecule has 3 aromatic heterocycles. The molecule has 0 saturated carbocycles. The van der Waals surface area contributed by atoms with Gasteiger partial charge in [0.1, 0.15) is 17.3 Å². The van der Waals surface area contributed by atoms with Gasteiger partial charge in [0, 0.05) is 35.4 Å². The van der Waals surface area contributed by atoms with Crippen LogP contribution in [0.4, 0.5) is 0 Å². The normalized spacial score (nSPS) is 14.0. The van der Waals surface area contributed by atoms with Crippen LogP contribution in [0.3, 0.4) is 0 Å². The van der Waals surface area contributed by atoms with E-state index in [4.69, 9.17) is 23.4 Å². The van der Waals surface area contributed by atoms with Crippen LogP contribution in [0.25, 0.3) is 72.4 Å². The molecule has 0 radical (unpaired) electrons. The number of ether oxygens (including phenoxy) is 1. The predicted molar refractivity (Wildman–Crippen MR) is 244 cm³/mol. The van der Waals surface area contributed by atoms with Gasteiger partial charge in [-0.25, -0.2) is 4.98 Å². The van der Waals surface area contributed by atoms with E-state index < -0.39 is 60.4 Å². The highest BCUT2D eigenvalue weighted by Crippen LogP contribution is 2.38. The molecule has 0 fully saturated rings. The number of hydrogen-bond donors (Lipinski definition) is 0. The first-order valence-electron chi connectivity index (χ1n) is 24.7. The zero-order valence-electron chi connectivity index (χ0n) is 43.2. The topological polar surface area (TPSA) is 35.9 Å². The first-order valence-corrected chi connectivity index (χ1v) is 19.7. The summed E-state index contributed by atoms with van der Waals surface area (Å²) in [7, 11) is 0. The van der Waals surface area contributed by atoms with E-state index in [9.17, 15) is 0 Å². The van der Waals surface area contributed by atoms with Crippen LogP contribution in [0.1, 0.15) is 40.0 Å². The van der Waals surface area contributed by atoms with Crippen LogP contribution >= 0.6 is 0 Å². The summed E-state index contributed by atoms with van der Waals surface area (Å²) in [4.78, 5) is 4.89. The lowest BCUT2D eigenvalue weighted by atomic mass is 9.88. The molecule has 0 N–H and O–H groups in total. The fourth-order valence-corrected chi connectivity index (χ4v) is 7.82. The second-order valence-electron chi connectivity index (χ2n) is 15.8. The fourth-order valence-electron chi connectivity index (χ4n) is 7.82. The van der Waals surface area contributed by atoms with Crippen LogP contribution in [0, 0.1) is 11.7 Å². The molecule has 60 heavy (non-hydrogen) atoms. The number of benzene rings is 7. The molecule has 0 amide bonds. The van der Waals surface area contributed by atoms with Gasteiger partial charge in [0.2, 0.25) is 0 Å². The van der Waals surface area contributed by atoms with Crippen molar-refractivity contribution >= 4 is 21.8 Å². The zero-order chi connectivity index (χ0) is 49.3. The smallest absolute Gasteiger partial charge is 0.268 e. The minimum absolute atomic E-state index is 0.0774. The van der Waals surface area contributed by atoms with Gasteiger partial charge in [0.05, 0.1) is 36.1 Å². The average Bonchev–Trinajstić information content (AvgIpc) is 3.97. The van der Waals surface area contributed by atoms with Crippen molar-refractivity contribution in [1.82, 2.24) is 14.1 Å². The molecule has 0 saturated heterocycles. The fraction of sp³-hybridized carbons (Fsp3) is 0.0909. The second kappa shape index (κ2) is 15.3. The van der Waals surface area contributed by atoms with Crippen LogP contribution < -0.4 is 9.30 Å². The van der Waals surface area contributed by atoms with Crippen molar-refractivity contribution in [2.24, 2.45) is 5.41 Å². The average molecular weight is 787 g/mol. The van der Waals surface area contributed by atoms with Crippen molar-refractivity contribution in [2.75, 3.05) is 0 Å². The van der Waals surface area contributed by atoms with Crippen LogP contribution in [0.15, 0.2) is 200 Å². The van der Waals surface area contributed by atoms with Crippen molar-refractivity contribution < 1.29 is 23.0 Å². The SMILES string of the molecule is [2H]c1c([2H])c([2H])c(-c2cccc(-c3c([2H])c([2H])c([2H])c([2H])c3[2H])c2-[n+]2[c-]n(-c3cccc(Oc4ccc5c6cc(-c7ccccc7)ccc6n(-c6cc(CC(C)(C)C)ccn6)c5c4)c3)cc2)c([2H])c1[2H]. The predicted octanol–water partition coefficient (Wildman–Crippen LogP) is 13.4. The number of hydrogen-bond acceptors (Lipinski definition) is 2. The van der Waals surface area contributed by atoms with E-state index in [1.165, 1.54) is 10.1 Å². The van der Waals surface area contributed by atoms with E-state index in [0.29, 0.717) is 17.2 Å². The Labute approximate surface area is 365 Å². The molecule has 0 unspecified atom stereocenters. The maximum absolute atomic E-state index is 8.88. The van der Waals surface area contributed by atoms with Gasteiger partial charge < -0.3 is 4.74 Å². The second-order valence-corrected chi connectivity index (χ2v) is 15.8. The molecular weight excluding hydrogens is 733 g/mol. The zero-order valence-corrected chi connectivity index (χ0v) is 33.2. The van der Waals surface area contributed by atoms with E-state index in [0.717, 1.165) is 45.2 Å². The Bertz CT molecular complexity index is 3580. The third-order valence-electron chi connectivity index (χ3n) is 10.3. The van der Waals surface area contributed by atoms with Crippen LogP contribution in [-0.4, -0.2) is 14.1 Å². The van der Waals surface area contributed by atoms with Gasteiger partial charge in [0.25, 0.3) is 6.33 Å². The first kappa shape index (κ1) is 27.2. The van der Waals surface area contributed by atoms with Crippen LogP contribution in [0.2, 0.25) is 0 Å². The highest BCUT2D eigenvalue weighted by molar-refractivity contribution is 6.10. The van der Waals surface area contributed by atoms with Crippen molar-refractivity contribution in [3.63, 3.8) is 0 Å². The number of imidazole rings is 1. The van der Waals surface area contributed by atoms with E-state index in [2.05, 4.69) is 80.2 Å². The Balaban J connectivity index is 1.07. The Kier molecular flexibility index (Phi) is 6.97. The van der Waals surface area contributed by atoms with Crippen molar-refractivity contribution in [3.8, 4) is 62.1 Å². The van der Waals surface area contributed by atoms with Crippen molar-refractivity contribution in [2.45, 2.75) is 27.2 Å². The molecule has 290 valence electrons. The lowest BCUT2D eigenvalue weighted by Gasteiger charge is -2.18. The summed E-state index contributed by atoms with van der Waals surface area (Å²) in [5.74, 6) is 1.90. The maximum Gasteiger partial charge on any atom is 0.268 e. The summed E-state index contributed by atoms with van der Waals surface area (Å²) in [6, 6.07) is 34.0. The minimum Gasteiger partial charge on any atom is -0.458 e. The summed E-state index contributed by atoms with van der Waals surface area (Å²) in [5, 5.41) is 2.11. The number of rotatable bonds is 9. The molecular formula is C55H44N4O. The number of nitrogens with zero attached hydrogens (tertiary/aromatic N) is 4. The van der Waals surface area contributed by atoms with Crippen LogP contribution in [-0.2, 0) is 6.42 Å². The summed E-state index contributed by atoms with van der Waals surface area (Å²) in [6.45, 7) is 6.67. The number of fused-ring (bicyclic) bond motifs is 3. The van der Waals surface area contributed by atoms with E-state index in [1.54, 1.807) is 35.2 Å². The molecule has 10 rings (SSSR count). The Morgan fingerprint density at radius 3 is 2.08 bits per heavy atom. The molecule has 5 nitrogen and oxygen atoms in total. The monoisotopic (exact) mass is 786 g/mol. The molecule has 0 spiro atoms. The number of pyridine rings is 1. The number of aromatic nitrogens is 4. The standard InChI is InChI=1S/C55H44N4O/c1-55(2,3)37-39-29-30-56-53(33-39)59-51-28-25-43(40-15-7-4-8-16-40)34-50(51)49-27-26-46(36-52(49)59)60-45-22-13-21-44(35-45)57-31-32-58(38-57)54-47(41-17-9-5-10-18-41)23-14-24-48(54)42-19-11-6-12-20-42/h4-36H,37H2,1-3H3/i5D,6D,9D,10D,11D,12D,17D,18D,19D,20D. The summed E-state index contributed by atoms with van der Waals surface area (Å²) < 4.78 is 97.8. The molecule has 0 bridgehead atoms. The molecule has 7 aromatic carbocycles. The van der Waals surface area contributed by atoms with E-state index in [-0.39, 0.29) is 33.4 Å². The van der Waals surface area contributed by atoms with Gasteiger partial charge in [0.15, 0.2) is 0 Å². The van der Waals surface area contributed by atoms with Gasteiger partial charge in [-0.3, -0.25) is 13.7 Å². The Morgan fingerprint density at radius 2 is 1.35 bits per heavy atom. The lowest BCUT2D eigenvalue weighted by Crippen LogP contribution is -2.30. The molecule has 3 heterocycles. The molecule has 0 aliphatic rings. The van der Waals surface area contributed by atoms with Crippen molar-refractivity contribution in [1.29, 1.82) is 0 Å². The largest absolute Gasteiger partial charge is 0.458 e. The Morgan fingerprint density at radius 1 is 0.633 bits per heavy atom. The number of para-hydroxylation sites is 1. The van der Waals surface area contributed by atoms with Gasteiger partial charge in [-0.1, -0.05) is 142 Å². The summed E-state index contributed by atoms with van der Waals surface area (Å²) >= 11 is 0. The third-order valence-corrected chi connectivity index (χ3v) is 10.3. The molecule has 5 heteroatoms. The van der Waals surface area contributed by atoms with Gasteiger partial charge in [-0.05, 0) is 105 Å². The quantitative estimate of drug-likeness (QED) is 0.108. The summed E-state index contributed by atoms with van der Waals surface area (Å²) in [6.07, 6.45) is 9.37. The third kappa shape index (κ3) is 7.27. The summed E-state index contributed by atoms with van der Waals surface area (Å²) in [5.41, 5.74) is 6.30. The van der Waals surface area contributed by atoms with Crippen LogP contribution in [0.5, 0.6) is 11.5 Å². The molecule has 0 aliphatic heterocycles. The van der Waals surface area contributed by atoms with E-state index >= 15 is 0 Å². The molecule has 0 aliphatic carbocycles. The van der Waals surface area contributed by atoms with Gasteiger partial charge in [-0.15, -0.1) is 0 Å². The maximum atomic E-state index is 8.88. The van der Waals surface area contributed by atoms with Gasteiger partial charge in [-0.2, -0.15) is 0 Å². The Hall–Kier alpha value is -7.50.